The molecule has 140 valence electrons. The summed E-state index contributed by atoms with van der Waals surface area (Å²) in [5.74, 6) is 1.23. The Labute approximate surface area is 154 Å². The fourth-order valence-electron chi connectivity index (χ4n) is 4.18. The van der Waals surface area contributed by atoms with Crippen LogP contribution in [0.2, 0.25) is 0 Å². The van der Waals surface area contributed by atoms with E-state index in [9.17, 15) is 4.79 Å². The van der Waals surface area contributed by atoms with Gasteiger partial charge in [-0.2, -0.15) is 10.1 Å². The third-order valence-electron chi connectivity index (χ3n) is 5.70. The minimum atomic E-state index is 0.130. The Kier molecular flexibility index (Phi) is 5.20. The maximum absolute atomic E-state index is 12.8. The van der Waals surface area contributed by atoms with E-state index in [0.717, 1.165) is 49.8 Å². The molecule has 6 nitrogen and oxygen atoms in total. The quantitative estimate of drug-likeness (QED) is 0.833. The smallest absolute Gasteiger partial charge is 0.215 e. The van der Waals surface area contributed by atoms with Crippen LogP contribution in [0.4, 0.5) is 0 Å². The van der Waals surface area contributed by atoms with Crippen molar-refractivity contribution in [2.24, 2.45) is 13.0 Å². The Balaban J connectivity index is 1.52. The molecule has 0 bridgehead atoms. The molecule has 1 aliphatic heterocycles. The summed E-state index contributed by atoms with van der Waals surface area (Å²) in [6.07, 6.45) is 8.94. The van der Waals surface area contributed by atoms with Gasteiger partial charge in [0.1, 0.15) is 11.8 Å². The number of hydrogen-bond donors (Lipinski definition) is 1. The van der Waals surface area contributed by atoms with Crippen LogP contribution in [0.15, 0.2) is 12.1 Å². The van der Waals surface area contributed by atoms with Crippen molar-refractivity contribution in [1.29, 1.82) is 0 Å². The molecule has 6 heteroatoms. The molecule has 1 saturated heterocycles. The lowest BCUT2D eigenvalue weighted by Crippen LogP contribution is -2.29. The molecular formula is C20H28N4O2. The summed E-state index contributed by atoms with van der Waals surface area (Å²) in [6.45, 7) is 2.01. The highest BCUT2D eigenvalue weighted by Crippen LogP contribution is 2.26. The molecule has 0 amide bonds. The number of hydrogen-bond acceptors (Lipinski definition) is 5. The maximum Gasteiger partial charge on any atom is 0.215 e. The molecule has 1 saturated carbocycles. The predicted molar refractivity (Wildman–Crippen MR) is 101 cm³/mol. The Hall–Kier alpha value is -1.95. The van der Waals surface area contributed by atoms with E-state index in [4.69, 9.17) is 4.74 Å². The largest absolute Gasteiger partial charge is 0.474 e. The van der Waals surface area contributed by atoms with Crippen LogP contribution in [0, 0.1) is 5.92 Å². The number of pyridine rings is 1. The van der Waals surface area contributed by atoms with E-state index >= 15 is 0 Å². The van der Waals surface area contributed by atoms with Crippen LogP contribution in [0.3, 0.4) is 0 Å². The summed E-state index contributed by atoms with van der Waals surface area (Å²) in [6, 6.07) is 3.84. The van der Waals surface area contributed by atoms with Crippen LogP contribution in [-0.4, -0.2) is 39.7 Å². The Bertz CT molecular complexity index is 773. The lowest BCUT2D eigenvalue weighted by atomic mass is 9.91. The van der Waals surface area contributed by atoms with Gasteiger partial charge in [0.15, 0.2) is 11.4 Å². The van der Waals surface area contributed by atoms with Gasteiger partial charge in [0.25, 0.3) is 0 Å². The first-order valence-electron chi connectivity index (χ1n) is 9.95. The van der Waals surface area contributed by atoms with E-state index in [1.165, 1.54) is 19.3 Å². The number of carbonyl (C=O) groups excluding carboxylic acids is 1. The van der Waals surface area contributed by atoms with Gasteiger partial charge in [-0.1, -0.05) is 6.42 Å². The van der Waals surface area contributed by atoms with Crippen molar-refractivity contribution < 1.29 is 9.53 Å². The monoisotopic (exact) mass is 356 g/mol. The first kappa shape index (κ1) is 17.5. The van der Waals surface area contributed by atoms with Gasteiger partial charge in [0.2, 0.25) is 5.88 Å². The number of fused-ring (bicyclic) bond motifs is 1. The summed E-state index contributed by atoms with van der Waals surface area (Å²) in [4.78, 5) is 17.4. The highest BCUT2D eigenvalue weighted by molar-refractivity contribution is 6.05. The van der Waals surface area contributed by atoms with Crippen molar-refractivity contribution >= 4 is 16.8 Å². The number of aryl methyl sites for hydroxylation is 1. The zero-order chi connectivity index (χ0) is 17.9. The van der Waals surface area contributed by atoms with Gasteiger partial charge >= 0.3 is 0 Å². The third-order valence-corrected chi connectivity index (χ3v) is 5.70. The highest BCUT2D eigenvalue weighted by atomic mass is 16.5. The van der Waals surface area contributed by atoms with E-state index in [-0.39, 0.29) is 11.9 Å². The van der Waals surface area contributed by atoms with Crippen molar-refractivity contribution in [3.05, 3.63) is 17.8 Å². The number of ether oxygens (including phenoxy) is 1. The maximum atomic E-state index is 12.8. The van der Waals surface area contributed by atoms with Gasteiger partial charge in [-0.15, -0.1) is 0 Å². The van der Waals surface area contributed by atoms with Crippen LogP contribution < -0.4 is 10.1 Å². The fourth-order valence-corrected chi connectivity index (χ4v) is 4.18. The molecule has 26 heavy (non-hydrogen) atoms. The van der Waals surface area contributed by atoms with Gasteiger partial charge in [-0.25, -0.2) is 4.68 Å². The van der Waals surface area contributed by atoms with E-state index < -0.39 is 0 Å². The zero-order valence-corrected chi connectivity index (χ0v) is 15.5. The lowest BCUT2D eigenvalue weighted by molar-refractivity contribution is 0.0948. The second-order valence-electron chi connectivity index (χ2n) is 7.69. The zero-order valence-electron chi connectivity index (χ0n) is 15.5. The summed E-state index contributed by atoms with van der Waals surface area (Å²) in [5, 5.41) is 8.66. The molecule has 0 radical (unpaired) electrons. The molecule has 0 atom stereocenters. The standard InChI is InChI=1S/C20H28N4O2/c1-24-20-16(7-8-18(22-20)26-15-5-3-2-4-6-15)19(23-24)17(25)13-14-9-11-21-12-10-14/h7-8,14-15,21H,2-6,9-13H2,1H3. The molecule has 2 fully saturated rings. The minimum absolute atomic E-state index is 0.130. The molecule has 0 unspecified atom stereocenters. The number of piperidine rings is 1. The molecule has 2 aromatic heterocycles. The Morgan fingerprint density at radius 2 is 1.96 bits per heavy atom. The number of Topliss-reactive ketones (excluding diaryl/α,β-unsaturated/α-hetero) is 1. The highest BCUT2D eigenvalue weighted by Gasteiger charge is 2.23. The van der Waals surface area contributed by atoms with Gasteiger partial charge in [0.05, 0.1) is 5.39 Å². The molecule has 3 heterocycles. The van der Waals surface area contributed by atoms with Gasteiger partial charge in [-0.3, -0.25) is 4.79 Å². The van der Waals surface area contributed by atoms with Crippen LogP contribution in [0.5, 0.6) is 5.88 Å². The van der Waals surface area contributed by atoms with E-state index in [1.54, 1.807) is 4.68 Å². The molecule has 0 spiro atoms. The molecular weight excluding hydrogens is 328 g/mol. The summed E-state index contributed by atoms with van der Waals surface area (Å²) in [5.41, 5.74) is 1.28. The van der Waals surface area contributed by atoms with Crippen LogP contribution >= 0.6 is 0 Å². The number of rotatable bonds is 5. The van der Waals surface area contributed by atoms with Crippen molar-refractivity contribution in [1.82, 2.24) is 20.1 Å². The number of aromatic nitrogens is 3. The molecule has 1 N–H and O–H groups in total. The van der Waals surface area contributed by atoms with Crippen molar-refractivity contribution in [3.63, 3.8) is 0 Å². The van der Waals surface area contributed by atoms with Gasteiger partial charge in [0, 0.05) is 19.5 Å². The van der Waals surface area contributed by atoms with Crippen LogP contribution in [0.1, 0.15) is 61.9 Å². The van der Waals surface area contributed by atoms with Crippen LogP contribution in [0.25, 0.3) is 11.0 Å². The fraction of sp³-hybridized carbons (Fsp3) is 0.650. The number of nitrogens with zero attached hydrogens (tertiary/aromatic N) is 3. The molecule has 2 aromatic rings. The third kappa shape index (κ3) is 3.75. The van der Waals surface area contributed by atoms with E-state index in [2.05, 4.69) is 15.4 Å². The van der Waals surface area contributed by atoms with E-state index in [1.807, 2.05) is 19.2 Å². The SMILES string of the molecule is Cn1nc(C(=O)CC2CCNCC2)c2ccc(OC3CCCCC3)nc21. The summed E-state index contributed by atoms with van der Waals surface area (Å²) < 4.78 is 7.77. The Morgan fingerprint density at radius 3 is 2.73 bits per heavy atom. The summed E-state index contributed by atoms with van der Waals surface area (Å²) in [7, 11) is 1.85. The van der Waals surface area contributed by atoms with Crippen molar-refractivity contribution in [2.45, 2.75) is 57.5 Å². The second-order valence-corrected chi connectivity index (χ2v) is 7.69. The average molecular weight is 356 g/mol. The molecule has 1 aliphatic carbocycles. The average Bonchev–Trinajstić information content (AvgIpc) is 3.00. The van der Waals surface area contributed by atoms with Crippen molar-refractivity contribution in [2.75, 3.05) is 13.1 Å². The molecule has 0 aromatic carbocycles. The molecule has 4 rings (SSSR count). The summed E-state index contributed by atoms with van der Waals surface area (Å²) >= 11 is 0. The minimum Gasteiger partial charge on any atom is -0.474 e. The van der Waals surface area contributed by atoms with Crippen LogP contribution in [-0.2, 0) is 7.05 Å². The van der Waals surface area contributed by atoms with Gasteiger partial charge < -0.3 is 10.1 Å². The topological polar surface area (TPSA) is 69.0 Å². The number of ketones is 1. The Morgan fingerprint density at radius 1 is 1.19 bits per heavy atom. The number of nitrogens with one attached hydrogen (secondary N) is 1. The van der Waals surface area contributed by atoms with Crippen molar-refractivity contribution in [3.8, 4) is 5.88 Å². The first-order chi connectivity index (χ1) is 12.7. The van der Waals surface area contributed by atoms with E-state index in [0.29, 0.717) is 23.9 Å². The van der Waals surface area contributed by atoms with Gasteiger partial charge in [-0.05, 0) is 63.6 Å². The normalized spacial score (nSPS) is 19.7. The first-order valence-corrected chi connectivity index (χ1v) is 9.95. The molecule has 2 aliphatic rings. The predicted octanol–water partition coefficient (Wildman–Crippen LogP) is 3.25. The second kappa shape index (κ2) is 7.74. The lowest BCUT2D eigenvalue weighted by Gasteiger charge is -2.22. The number of carbonyl (C=O) groups is 1.